The monoisotopic (exact) mass is 284 g/mol. The van der Waals surface area contributed by atoms with Gasteiger partial charge in [0.2, 0.25) is 0 Å². The molecule has 1 N–H and O–H groups in total. The van der Waals surface area contributed by atoms with Crippen LogP contribution in [-0.4, -0.2) is 50.8 Å². The molecule has 0 amide bonds. The van der Waals surface area contributed by atoms with Crippen LogP contribution in [0.25, 0.3) is 0 Å². The Kier molecular flexibility index (Phi) is 8.74. The highest BCUT2D eigenvalue weighted by molar-refractivity contribution is 4.82. The van der Waals surface area contributed by atoms with Crippen LogP contribution in [0.1, 0.15) is 59.3 Å². The van der Waals surface area contributed by atoms with Gasteiger partial charge >= 0.3 is 0 Å². The molecule has 3 nitrogen and oxygen atoms in total. The van der Waals surface area contributed by atoms with Gasteiger partial charge in [-0.2, -0.15) is 0 Å². The van der Waals surface area contributed by atoms with E-state index in [-0.39, 0.29) is 0 Å². The third-order valence-corrected chi connectivity index (χ3v) is 4.67. The summed E-state index contributed by atoms with van der Waals surface area (Å²) in [6.45, 7) is 12.0. The summed E-state index contributed by atoms with van der Waals surface area (Å²) in [5.41, 5.74) is 0.580. The zero-order valence-electron chi connectivity index (χ0n) is 14.2. The van der Waals surface area contributed by atoms with Crippen molar-refractivity contribution in [2.24, 2.45) is 5.41 Å². The first kappa shape index (κ1) is 17.9. The number of ether oxygens (including phenoxy) is 1. The lowest BCUT2D eigenvalue weighted by molar-refractivity contribution is 0.128. The summed E-state index contributed by atoms with van der Waals surface area (Å²) in [6.07, 6.45) is 7.91. The highest BCUT2D eigenvalue weighted by Gasteiger charge is 2.28. The van der Waals surface area contributed by atoms with E-state index < -0.39 is 0 Å². The zero-order chi connectivity index (χ0) is 14.8. The summed E-state index contributed by atoms with van der Waals surface area (Å²) in [4.78, 5) is 2.56. The summed E-state index contributed by atoms with van der Waals surface area (Å²) in [5, 5.41) is 3.55. The molecule has 1 aliphatic carbocycles. The van der Waals surface area contributed by atoms with E-state index in [0.29, 0.717) is 5.41 Å². The van der Waals surface area contributed by atoms with Gasteiger partial charge in [-0.25, -0.2) is 0 Å². The van der Waals surface area contributed by atoms with Crippen molar-refractivity contribution in [1.82, 2.24) is 10.2 Å². The third kappa shape index (κ3) is 7.61. The molecule has 20 heavy (non-hydrogen) atoms. The van der Waals surface area contributed by atoms with Gasteiger partial charge in [-0.1, -0.05) is 13.8 Å². The Labute approximate surface area is 126 Å². The Morgan fingerprint density at radius 3 is 2.50 bits per heavy atom. The molecule has 0 radical (unpaired) electrons. The lowest BCUT2D eigenvalue weighted by Gasteiger charge is -2.38. The smallest absolute Gasteiger partial charge is 0.0466 e. The van der Waals surface area contributed by atoms with Gasteiger partial charge in [0.05, 0.1) is 0 Å². The van der Waals surface area contributed by atoms with Crippen LogP contribution >= 0.6 is 0 Å². The fourth-order valence-corrected chi connectivity index (χ4v) is 2.99. The molecule has 0 atom stereocenters. The maximum atomic E-state index is 5.34. The lowest BCUT2D eigenvalue weighted by Crippen LogP contribution is -2.40. The average molecular weight is 284 g/mol. The largest absolute Gasteiger partial charge is 0.382 e. The van der Waals surface area contributed by atoms with Crippen molar-refractivity contribution in [2.45, 2.75) is 65.3 Å². The van der Waals surface area contributed by atoms with Gasteiger partial charge < -0.3 is 15.0 Å². The molecule has 1 fully saturated rings. The van der Waals surface area contributed by atoms with E-state index in [2.05, 4.69) is 38.0 Å². The molecule has 1 aliphatic rings. The predicted molar refractivity (Wildman–Crippen MR) is 87.3 cm³/mol. The number of rotatable bonds is 10. The van der Waals surface area contributed by atoms with Crippen LogP contribution in [0.3, 0.4) is 0 Å². The van der Waals surface area contributed by atoms with E-state index in [1.54, 1.807) is 0 Å². The van der Waals surface area contributed by atoms with E-state index in [4.69, 9.17) is 4.74 Å². The minimum Gasteiger partial charge on any atom is -0.382 e. The van der Waals surface area contributed by atoms with Gasteiger partial charge in [-0.05, 0) is 64.5 Å². The van der Waals surface area contributed by atoms with Gasteiger partial charge in [0.25, 0.3) is 0 Å². The minimum atomic E-state index is 0.580. The van der Waals surface area contributed by atoms with Crippen LogP contribution < -0.4 is 5.32 Å². The van der Waals surface area contributed by atoms with Gasteiger partial charge in [0.1, 0.15) is 0 Å². The summed E-state index contributed by atoms with van der Waals surface area (Å²) >= 11 is 0. The second-order valence-corrected chi connectivity index (χ2v) is 7.03. The van der Waals surface area contributed by atoms with Crippen molar-refractivity contribution in [2.75, 3.05) is 39.9 Å². The minimum absolute atomic E-state index is 0.580. The van der Waals surface area contributed by atoms with E-state index in [1.807, 2.05) is 0 Å². The average Bonchev–Trinajstić information content (AvgIpc) is 2.41. The second-order valence-electron chi connectivity index (χ2n) is 7.03. The quantitative estimate of drug-likeness (QED) is 0.623. The molecular weight excluding hydrogens is 248 g/mol. The van der Waals surface area contributed by atoms with E-state index in [0.717, 1.165) is 32.3 Å². The SMILES string of the molecule is CCOCCCCNCCN(C)C1CCC(C)(C)CC1. The zero-order valence-corrected chi connectivity index (χ0v) is 14.2. The Bertz CT molecular complexity index is 233. The first-order valence-corrected chi connectivity index (χ1v) is 8.54. The van der Waals surface area contributed by atoms with Crippen molar-refractivity contribution in [3.8, 4) is 0 Å². The van der Waals surface area contributed by atoms with Gasteiger partial charge in [0.15, 0.2) is 0 Å². The lowest BCUT2D eigenvalue weighted by atomic mass is 9.75. The Hall–Kier alpha value is -0.120. The predicted octanol–water partition coefficient (Wildman–Crippen LogP) is 3.29. The molecule has 0 saturated heterocycles. The molecule has 120 valence electrons. The summed E-state index contributed by atoms with van der Waals surface area (Å²) < 4.78 is 5.34. The van der Waals surface area contributed by atoms with Crippen molar-refractivity contribution in [1.29, 1.82) is 0 Å². The van der Waals surface area contributed by atoms with E-state index in [9.17, 15) is 0 Å². The third-order valence-electron chi connectivity index (χ3n) is 4.67. The Morgan fingerprint density at radius 2 is 1.85 bits per heavy atom. The Balaban J connectivity index is 1.96. The molecule has 0 aliphatic heterocycles. The van der Waals surface area contributed by atoms with Crippen LogP contribution in [0.2, 0.25) is 0 Å². The molecule has 3 heteroatoms. The van der Waals surface area contributed by atoms with Gasteiger partial charge in [-0.3, -0.25) is 0 Å². The number of hydrogen-bond donors (Lipinski definition) is 1. The normalized spacial score (nSPS) is 19.6. The molecule has 0 aromatic carbocycles. The highest BCUT2D eigenvalue weighted by atomic mass is 16.5. The molecule has 0 aromatic heterocycles. The summed E-state index contributed by atoms with van der Waals surface area (Å²) in [5.74, 6) is 0. The van der Waals surface area contributed by atoms with E-state index in [1.165, 1.54) is 45.1 Å². The fourth-order valence-electron chi connectivity index (χ4n) is 2.99. The molecule has 1 saturated carbocycles. The molecule has 0 bridgehead atoms. The molecule has 1 rings (SSSR count). The van der Waals surface area contributed by atoms with Crippen LogP contribution in [-0.2, 0) is 4.74 Å². The number of hydrogen-bond acceptors (Lipinski definition) is 3. The van der Waals surface area contributed by atoms with Crippen LogP contribution in [0.4, 0.5) is 0 Å². The molecule has 0 spiro atoms. The van der Waals surface area contributed by atoms with Crippen LogP contribution in [0.5, 0.6) is 0 Å². The maximum Gasteiger partial charge on any atom is 0.0466 e. The molecule has 0 aromatic rings. The van der Waals surface area contributed by atoms with Crippen LogP contribution in [0.15, 0.2) is 0 Å². The highest BCUT2D eigenvalue weighted by Crippen LogP contribution is 2.36. The van der Waals surface area contributed by atoms with Crippen molar-refractivity contribution < 1.29 is 4.74 Å². The maximum absolute atomic E-state index is 5.34. The number of likely N-dealkylation sites (N-methyl/N-ethyl adjacent to an activating group) is 1. The molecular formula is C17H36N2O. The van der Waals surface area contributed by atoms with Crippen molar-refractivity contribution in [3.05, 3.63) is 0 Å². The first-order valence-electron chi connectivity index (χ1n) is 8.54. The Morgan fingerprint density at radius 1 is 1.15 bits per heavy atom. The summed E-state index contributed by atoms with van der Waals surface area (Å²) in [7, 11) is 2.29. The van der Waals surface area contributed by atoms with Crippen molar-refractivity contribution in [3.63, 3.8) is 0 Å². The van der Waals surface area contributed by atoms with Gasteiger partial charge in [-0.15, -0.1) is 0 Å². The van der Waals surface area contributed by atoms with Crippen molar-refractivity contribution >= 4 is 0 Å². The molecule has 0 heterocycles. The second kappa shape index (κ2) is 9.75. The topological polar surface area (TPSA) is 24.5 Å². The van der Waals surface area contributed by atoms with Crippen LogP contribution in [0, 0.1) is 5.41 Å². The molecule has 0 unspecified atom stereocenters. The van der Waals surface area contributed by atoms with Gasteiger partial charge in [0, 0.05) is 32.3 Å². The van der Waals surface area contributed by atoms with E-state index >= 15 is 0 Å². The number of nitrogens with one attached hydrogen (secondary N) is 1. The number of unbranched alkanes of at least 4 members (excludes halogenated alkanes) is 1. The number of nitrogens with zero attached hydrogens (tertiary/aromatic N) is 1. The fraction of sp³-hybridized carbons (Fsp3) is 1.00. The summed E-state index contributed by atoms with van der Waals surface area (Å²) in [6, 6.07) is 0.808. The standard InChI is InChI=1S/C17H36N2O/c1-5-20-15-7-6-12-18-13-14-19(4)16-8-10-17(2,3)11-9-16/h16,18H,5-15H2,1-4H3. The first-order chi connectivity index (χ1) is 9.55.